The zero-order valence-electron chi connectivity index (χ0n) is 18.8. The van der Waals surface area contributed by atoms with Gasteiger partial charge in [0.2, 0.25) is 5.43 Å². The van der Waals surface area contributed by atoms with E-state index in [1.54, 1.807) is 18.2 Å². The Morgan fingerprint density at radius 3 is 2.53 bits per heavy atom. The number of halogens is 3. The van der Waals surface area contributed by atoms with Gasteiger partial charge >= 0.3 is 12.1 Å². The molecule has 0 saturated carbocycles. The number of aromatic nitrogens is 5. The molecule has 1 N–H and O–H groups in total. The number of anilines is 1. The fourth-order valence-corrected chi connectivity index (χ4v) is 3.32. The SMILES string of the molecule is COC(=O)c1cn(-c2ccccc2NC(=O)c2nn(-c3cccc(C(F)(F)F)c3)c(C)cc2=O)nn1. The molecule has 0 unspecified atom stereocenters. The van der Waals surface area contributed by atoms with Crippen molar-refractivity contribution >= 4 is 17.6 Å². The molecule has 4 aromatic rings. The molecule has 0 aliphatic carbocycles. The van der Waals surface area contributed by atoms with Gasteiger partial charge in [-0.25, -0.2) is 14.2 Å². The maximum atomic E-state index is 13.2. The Morgan fingerprint density at radius 2 is 1.81 bits per heavy atom. The number of carbonyl (C=O) groups is 2. The van der Waals surface area contributed by atoms with Gasteiger partial charge in [0.1, 0.15) is 0 Å². The summed E-state index contributed by atoms with van der Waals surface area (Å²) in [5, 5.41) is 14.1. The molecule has 184 valence electrons. The van der Waals surface area contributed by atoms with Crippen LogP contribution in [0.3, 0.4) is 0 Å². The van der Waals surface area contributed by atoms with Gasteiger partial charge < -0.3 is 10.1 Å². The van der Waals surface area contributed by atoms with Gasteiger partial charge in [0.05, 0.1) is 35.9 Å². The lowest BCUT2D eigenvalue weighted by Crippen LogP contribution is -2.27. The van der Waals surface area contributed by atoms with E-state index in [1.165, 1.54) is 43.1 Å². The van der Waals surface area contributed by atoms with Gasteiger partial charge in [-0.3, -0.25) is 9.59 Å². The predicted octanol–water partition coefficient (Wildman–Crippen LogP) is 3.18. The summed E-state index contributed by atoms with van der Waals surface area (Å²) in [7, 11) is 1.19. The van der Waals surface area contributed by atoms with Crippen LogP contribution in [0, 0.1) is 6.92 Å². The second kappa shape index (κ2) is 9.44. The lowest BCUT2D eigenvalue weighted by atomic mass is 10.2. The summed E-state index contributed by atoms with van der Waals surface area (Å²) in [6.07, 6.45) is -3.29. The molecule has 0 aliphatic heterocycles. The first-order chi connectivity index (χ1) is 17.1. The second-order valence-electron chi connectivity index (χ2n) is 7.47. The third kappa shape index (κ3) is 4.85. The number of aryl methyl sites for hydroxylation is 1. The molecule has 0 bridgehead atoms. The number of nitrogens with zero attached hydrogens (tertiary/aromatic N) is 5. The van der Waals surface area contributed by atoms with Crippen LogP contribution in [0.5, 0.6) is 0 Å². The fraction of sp³-hybridized carbons (Fsp3) is 0.130. The molecule has 0 atom stereocenters. The maximum Gasteiger partial charge on any atom is 0.416 e. The molecule has 10 nitrogen and oxygen atoms in total. The van der Waals surface area contributed by atoms with Crippen LogP contribution in [0.25, 0.3) is 11.4 Å². The van der Waals surface area contributed by atoms with E-state index in [-0.39, 0.29) is 22.8 Å². The average molecular weight is 498 g/mol. The van der Waals surface area contributed by atoms with Crippen LogP contribution in [0.2, 0.25) is 0 Å². The number of esters is 1. The van der Waals surface area contributed by atoms with Crippen LogP contribution in [-0.4, -0.2) is 43.8 Å². The zero-order valence-corrected chi connectivity index (χ0v) is 18.8. The predicted molar refractivity (Wildman–Crippen MR) is 120 cm³/mol. The molecule has 2 heterocycles. The summed E-state index contributed by atoms with van der Waals surface area (Å²) in [5.41, 5.74) is -1.46. The number of rotatable bonds is 5. The number of amides is 1. The minimum atomic E-state index is -4.58. The van der Waals surface area contributed by atoms with E-state index in [1.807, 2.05) is 0 Å². The highest BCUT2D eigenvalue weighted by molar-refractivity contribution is 6.03. The van der Waals surface area contributed by atoms with E-state index in [0.29, 0.717) is 5.69 Å². The Bertz CT molecular complexity index is 1530. The van der Waals surface area contributed by atoms with Crippen molar-refractivity contribution < 1.29 is 27.5 Å². The number of hydrogen-bond acceptors (Lipinski definition) is 7. The Balaban J connectivity index is 1.69. The summed E-state index contributed by atoms with van der Waals surface area (Å²) in [5.74, 6) is -1.61. The van der Waals surface area contributed by atoms with Crippen LogP contribution in [0.4, 0.5) is 18.9 Å². The Morgan fingerprint density at radius 1 is 1.06 bits per heavy atom. The number of hydrogen-bond donors (Lipinski definition) is 1. The van der Waals surface area contributed by atoms with Gasteiger partial charge in [0.25, 0.3) is 5.91 Å². The van der Waals surface area contributed by atoms with Gasteiger partial charge in [-0.1, -0.05) is 23.4 Å². The monoisotopic (exact) mass is 498 g/mol. The summed E-state index contributed by atoms with van der Waals surface area (Å²) in [4.78, 5) is 37.2. The Kier molecular flexibility index (Phi) is 6.38. The van der Waals surface area contributed by atoms with Crippen molar-refractivity contribution in [3.05, 3.63) is 93.7 Å². The van der Waals surface area contributed by atoms with Crippen molar-refractivity contribution in [2.75, 3.05) is 12.4 Å². The van der Waals surface area contributed by atoms with Gasteiger partial charge in [0.15, 0.2) is 11.4 Å². The molecule has 0 radical (unpaired) electrons. The minimum absolute atomic E-state index is 0.0229. The van der Waals surface area contributed by atoms with Crippen LogP contribution in [0.1, 0.15) is 32.2 Å². The normalized spacial score (nSPS) is 11.2. The van der Waals surface area contributed by atoms with Gasteiger partial charge in [-0.05, 0) is 37.3 Å². The minimum Gasteiger partial charge on any atom is -0.464 e. The van der Waals surface area contributed by atoms with E-state index < -0.39 is 34.7 Å². The van der Waals surface area contributed by atoms with E-state index >= 15 is 0 Å². The number of ether oxygens (including phenoxy) is 1. The summed E-state index contributed by atoms with van der Waals surface area (Å²) in [6.45, 7) is 1.48. The molecule has 36 heavy (non-hydrogen) atoms. The second-order valence-corrected chi connectivity index (χ2v) is 7.47. The zero-order chi connectivity index (χ0) is 26.0. The highest BCUT2D eigenvalue weighted by Crippen LogP contribution is 2.30. The van der Waals surface area contributed by atoms with E-state index in [4.69, 9.17) is 0 Å². The number of carbonyl (C=O) groups excluding carboxylic acids is 2. The van der Waals surface area contributed by atoms with Crippen molar-refractivity contribution in [1.29, 1.82) is 0 Å². The van der Waals surface area contributed by atoms with E-state index in [0.717, 1.165) is 22.9 Å². The molecule has 0 aliphatic rings. The molecule has 0 saturated heterocycles. The number of methoxy groups -OCH3 is 1. The Labute approximate surface area is 200 Å². The van der Waals surface area contributed by atoms with Crippen molar-refractivity contribution in [2.45, 2.75) is 13.1 Å². The molecule has 2 aromatic heterocycles. The number of benzene rings is 2. The lowest BCUT2D eigenvalue weighted by molar-refractivity contribution is -0.137. The third-order valence-corrected chi connectivity index (χ3v) is 5.03. The summed E-state index contributed by atoms with van der Waals surface area (Å²) in [6, 6.07) is 11.8. The highest BCUT2D eigenvalue weighted by Gasteiger charge is 2.30. The van der Waals surface area contributed by atoms with Crippen LogP contribution in [0.15, 0.2) is 65.6 Å². The number of alkyl halides is 3. The number of para-hydroxylation sites is 2. The fourth-order valence-electron chi connectivity index (χ4n) is 3.32. The summed E-state index contributed by atoms with van der Waals surface area (Å²) < 4.78 is 46.4. The molecular formula is C23H17F3N6O4. The van der Waals surface area contributed by atoms with Crippen molar-refractivity contribution in [3.8, 4) is 11.4 Å². The third-order valence-electron chi connectivity index (χ3n) is 5.03. The van der Waals surface area contributed by atoms with Gasteiger partial charge in [-0.15, -0.1) is 5.10 Å². The van der Waals surface area contributed by atoms with Crippen LogP contribution < -0.4 is 10.7 Å². The average Bonchev–Trinajstić information content (AvgIpc) is 3.33. The first-order valence-corrected chi connectivity index (χ1v) is 10.3. The summed E-state index contributed by atoms with van der Waals surface area (Å²) >= 11 is 0. The topological polar surface area (TPSA) is 121 Å². The maximum absolute atomic E-state index is 13.2. The molecule has 1 amide bonds. The smallest absolute Gasteiger partial charge is 0.416 e. The van der Waals surface area contributed by atoms with E-state index in [2.05, 4.69) is 25.5 Å². The Hall–Kier alpha value is -4.81. The molecule has 0 spiro atoms. The molecular weight excluding hydrogens is 481 g/mol. The first kappa shape index (κ1) is 24.3. The van der Waals surface area contributed by atoms with Crippen molar-refractivity contribution in [3.63, 3.8) is 0 Å². The van der Waals surface area contributed by atoms with Crippen molar-refractivity contribution in [2.24, 2.45) is 0 Å². The standard InChI is InChI=1S/C23H17F3N6O4/c1-13-10-19(33)20(29-32(13)15-7-5-6-14(11-15)23(24,25)26)21(34)27-16-8-3-4-9-18(16)31-12-17(28-30-31)22(35)36-2/h3-12H,1-2H3,(H,27,34). The van der Waals surface area contributed by atoms with Crippen LogP contribution in [-0.2, 0) is 10.9 Å². The highest BCUT2D eigenvalue weighted by atomic mass is 19.4. The molecule has 0 fully saturated rings. The molecule has 4 rings (SSSR count). The molecule has 13 heteroatoms. The first-order valence-electron chi connectivity index (χ1n) is 10.3. The largest absolute Gasteiger partial charge is 0.464 e. The number of nitrogens with one attached hydrogen (secondary N) is 1. The quantitative estimate of drug-likeness (QED) is 0.420. The van der Waals surface area contributed by atoms with Gasteiger partial charge in [-0.2, -0.15) is 18.3 Å². The molecule has 2 aromatic carbocycles. The van der Waals surface area contributed by atoms with Crippen molar-refractivity contribution in [1.82, 2.24) is 24.8 Å². The van der Waals surface area contributed by atoms with Gasteiger partial charge in [0, 0.05) is 11.8 Å². The lowest BCUT2D eigenvalue weighted by Gasteiger charge is -2.14. The van der Waals surface area contributed by atoms with E-state index in [9.17, 15) is 27.6 Å². The van der Waals surface area contributed by atoms with Crippen LogP contribution >= 0.6 is 0 Å².